The van der Waals surface area contributed by atoms with Gasteiger partial charge in [-0.3, -0.25) is 14.9 Å². The van der Waals surface area contributed by atoms with E-state index in [2.05, 4.69) is 20.3 Å². The summed E-state index contributed by atoms with van der Waals surface area (Å²) in [5.74, 6) is -1.01. The zero-order valence-electron chi connectivity index (χ0n) is 14.2. The number of aromatic nitrogens is 2. The van der Waals surface area contributed by atoms with Crippen LogP contribution in [-0.2, 0) is 9.53 Å². The largest absolute Gasteiger partial charge is 0.493 e. The van der Waals surface area contributed by atoms with E-state index in [1.807, 2.05) is 0 Å². The van der Waals surface area contributed by atoms with Gasteiger partial charge in [0.1, 0.15) is 0 Å². The summed E-state index contributed by atoms with van der Waals surface area (Å²) in [6.45, 7) is -1.01. The first-order chi connectivity index (χ1) is 12.9. The Balaban J connectivity index is 2.00. The number of esters is 1. The molecular formula is C15H15F2N3O5S2. The van der Waals surface area contributed by atoms with Crippen LogP contribution in [0.4, 0.5) is 13.9 Å². The van der Waals surface area contributed by atoms with Gasteiger partial charge in [-0.1, -0.05) is 23.1 Å². The first-order valence-corrected chi connectivity index (χ1v) is 9.29. The van der Waals surface area contributed by atoms with Gasteiger partial charge in [-0.05, 0) is 25.1 Å². The molecule has 0 spiro atoms. The molecule has 27 heavy (non-hydrogen) atoms. The van der Waals surface area contributed by atoms with Gasteiger partial charge in [0.2, 0.25) is 5.13 Å². The van der Waals surface area contributed by atoms with E-state index in [1.165, 1.54) is 25.3 Å². The van der Waals surface area contributed by atoms with Gasteiger partial charge < -0.3 is 14.2 Å². The Hall–Kier alpha value is -2.47. The first kappa shape index (κ1) is 20.8. The average molecular weight is 419 g/mol. The summed E-state index contributed by atoms with van der Waals surface area (Å²) in [5, 5.41) is 10.4. The zero-order valence-corrected chi connectivity index (χ0v) is 15.9. The number of rotatable bonds is 9. The van der Waals surface area contributed by atoms with Crippen LogP contribution < -0.4 is 14.8 Å². The van der Waals surface area contributed by atoms with E-state index in [4.69, 9.17) is 9.47 Å². The Bertz CT molecular complexity index is 804. The molecule has 0 aliphatic heterocycles. The van der Waals surface area contributed by atoms with Gasteiger partial charge in [0.05, 0.1) is 19.5 Å². The molecule has 8 nitrogen and oxygen atoms in total. The maximum absolute atomic E-state index is 12.3. The fourth-order valence-electron chi connectivity index (χ4n) is 1.81. The minimum Gasteiger partial charge on any atom is -0.493 e. The van der Waals surface area contributed by atoms with Gasteiger partial charge in [-0.15, -0.1) is 10.2 Å². The number of halogens is 2. The minimum absolute atomic E-state index is 0.00843. The van der Waals surface area contributed by atoms with E-state index in [0.29, 0.717) is 10.9 Å². The molecule has 1 aromatic heterocycles. The SMILES string of the molecule is CCOC(=O)CSc1nnc(NC(=O)c2ccc(OC(F)F)c(OC)c2)s1. The summed E-state index contributed by atoms with van der Waals surface area (Å²) < 4.78 is 39.2. The molecule has 0 atom stereocenters. The zero-order chi connectivity index (χ0) is 19.8. The van der Waals surface area contributed by atoms with Crippen molar-refractivity contribution in [2.24, 2.45) is 0 Å². The highest BCUT2D eigenvalue weighted by atomic mass is 32.2. The van der Waals surface area contributed by atoms with Crippen LogP contribution in [0.25, 0.3) is 0 Å². The number of thioether (sulfide) groups is 1. The second-order valence-corrected chi connectivity index (χ2v) is 6.87. The summed E-state index contributed by atoms with van der Waals surface area (Å²) in [6, 6.07) is 3.79. The van der Waals surface area contributed by atoms with Crippen molar-refractivity contribution in [2.45, 2.75) is 17.9 Å². The van der Waals surface area contributed by atoms with Crippen LogP contribution in [0.15, 0.2) is 22.5 Å². The van der Waals surface area contributed by atoms with Crippen LogP contribution in [0.2, 0.25) is 0 Å². The summed E-state index contributed by atoms with van der Waals surface area (Å²) in [6.07, 6.45) is 0. The number of hydrogen-bond donors (Lipinski definition) is 1. The lowest BCUT2D eigenvalue weighted by Gasteiger charge is -2.11. The van der Waals surface area contributed by atoms with E-state index < -0.39 is 12.5 Å². The summed E-state index contributed by atoms with van der Waals surface area (Å²) in [4.78, 5) is 23.6. The van der Waals surface area contributed by atoms with Crippen LogP contribution in [0, 0.1) is 0 Å². The van der Waals surface area contributed by atoms with Gasteiger partial charge in [-0.25, -0.2) is 0 Å². The lowest BCUT2D eigenvalue weighted by Crippen LogP contribution is -2.12. The Morgan fingerprint density at radius 1 is 1.30 bits per heavy atom. The monoisotopic (exact) mass is 419 g/mol. The highest BCUT2D eigenvalue weighted by Gasteiger charge is 2.16. The molecule has 1 amide bonds. The Morgan fingerprint density at radius 3 is 2.74 bits per heavy atom. The maximum Gasteiger partial charge on any atom is 0.387 e. The van der Waals surface area contributed by atoms with Crippen LogP contribution in [0.3, 0.4) is 0 Å². The van der Waals surface area contributed by atoms with Gasteiger partial charge in [0.25, 0.3) is 5.91 Å². The molecular weight excluding hydrogens is 404 g/mol. The summed E-state index contributed by atoms with van der Waals surface area (Å²) >= 11 is 2.22. The third-order valence-electron chi connectivity index (χ3n) is 2.89. The number of hydrogen-bond acceptors (Lipinski definition) is 9. The lowest BCUT2D eigenvalue weighted by molar-refractivity contribution is -0.139. The number of anilines is 1. The number of nitrogens with one attached hydrogen (secondary N) is 1. The number of ether oxygens (including phenoxy) is 3. The topological polar surface area (TPSA) is 99.6 Å². The molecule has 1 aromatic carbocycles. The average Bonchev–Trinajstić information content (AvgIpc) is 3.07. The number of carbonyl (C=O) groups excluding carboxylic acids is 2. The lowest BCUT2D eigenvalue weighted by atomic mass is 10.2. The Morgan fingerprint density at radius 2 is 2.07 bits per heavy atom. The second-order valence-electron chi connectivity index (χ2n) is 4.67. The molecule has 1 heterocycles. The molecule has 0 bridgehead atoms. The van der Waals surface area contributed by atoms with E-state index in [1.54, 1.807) is 6.92 Å². The highest BCUT2D eigenvalue weighted by Crippen LogP contribution is 2.30. The van der Waals surface area contributed by atoms with E-state index >= 15 is 0 Å². The van der Waals surface area contributed by atoms with Crippen molar-refractivity contribution in [3.63, 3.8) is 0 Å². The van der Waals surface area contributed by atoms with Crippen molar-refractivity contribution in [1.82, 2.24) is 10.2 Å². The number of nitrogens with zero attached hydrogens (tertiary/aromatic N) is 2. The predicted molar refractivity (Wildman–Crippen MR) is 94.8 cm³/mol. The van der Waals surface area contributed by atoms with Crippen molar-refractivity contribution < 1.29 is 32.6 Å². The number of alkyl halides is 2. The van der Waals surface area contributed by atoms with E-state index in [9.17, 15) is 18.4 Å². The summed E-state index contributed by atoms with van der Waals surface area (Å²) in [7, 11) is 1.27. The molecule has 0 aliphatic rings. The van der Waals surface area contributed by atoms with Crippen molar-refractivity contribution in [3.05, 3.63) is 23.8 Å². The fourth-order valence-corrected chi connectivity index (χ4v) is 3.36. The van der Waals surface area contributed by atoms with Crippen molar-refractivity contribution in [1.29, 1.82) is 0 Å². The van der Waals surface area contributed by atoms with Gasteiger partial charge in [-0.2, -0.15) is 8.78 Å². The van der Waals surface area contributed by atoms with Crippen molar-refractivity contribution in [2.75, 3.05) is 24.8 Å². The molecule has 0 aliphatic carbocycles. The number of methoxy groups -OCH3 is 1. The van der Waals surface area contributed by atoms with Crippen LogP contribution in [-0.4, -0.2) is 48.2 Å². The molecule has 2 rings (SSSR count). The van der Waals surface area contributed by atoms with E-state index in [0.717, 1.165) is 23.1 Å². The maximum atomic E-state index is 12.3. The smallest absolute Gasteiger partial charge is 0.387 e. The molecule has 146 valence electrons. The standard InChI is InChI=1S/C15H15F2N3O5S2/c1-3-24-11(21)7-26-15-20-19-14(27-15)18-12(22)8-4-5-9(25-13(16)17)10(6-8)23-2/h4-6,13H,3,7H2,1-2H3,(H,18,19,22). The van der Waals surface area contributed by atoms with Gasteiger partial charge in [0.15, 0.2) is 15.8 Å². The normalized spacial score (nSPS) is 10.6. The first-order valence-electron chi connectivity index (χ1n) is 7.49. The quantitative estimate of drug-likeness (QED) is 0.376. The van der Waals surface area contributed by atoms with E-state index in [-0.39, 0.29) is 33.9 Å². The summed E-state index contributed by atoms with van der Waals surface area (Å²) in [5.41, 5.74) is 0.157. The molecule has 0 saturated heterocycles. The molecule has 1 N–H and O–H groups in total. The Labute approximate surface area is 161 Å². The highest BCUT2D eigenvalue weighted by molar-refractivity contribution is 8.01. The second kappa shape index (κ2) is 10.0. The number of amides is 1. The molecule has 0 fully saturated rings. The predicted octanol–water partition coefficient (Wildman–Crippen LogP) is 3.06. The molecule has 0 radical (unpaired) electrons. The molecule has 0 saturated carbocycles. The van der Waals surface area contributed by atoms with Crippen LogP contribution in [0.5, 0.6) is 11.5 Å². The number of carbonyl (C=O) groups is 2. The van der Waals surface area contributed by atoms with Gasteiger partial charge >= 0.3 is 12.6 Å². The van der Waals surface area contributed by atoms with Crippen LogP contribution in [0.1, 0.15) is 17.3 Å². The molecule has 2 aromatic rings. The van der Waals surface area contributed by atoms with Gasteiger partial charge in [0, 0.05) is 5.56 Å². The molecule has 12 heteroatoms. The van der Waals surface area contributed by atoms with Crippen molar-refractivity contribution >= 4 is 40.1 Å². The number of benzene rings is 1. The Kier molecular flexibility index (Phi) is 7.73. The third kappa shape index (κ3) is 6.32. The van der Waals surface area contributed by atoms with Crippen LogP contribution >= 0.6 is 23.1 Å². The molecule has 0 unspecified atom stereocenters. The minimum atomic E-state index is -3.01. The fraction of sp³-hybridized carbons (Fsp3) is 0.333. The third-order valence-corrected chi connectivity index (χ3v) is 4.83. The van der Waals surface area contributed by atoms with Crippen molar-refractivity contribution in [3.8, 4) is 11.5 Å².